The van der Waals surface area contributed by atoms with Crippen molar-refractivity contribution in [3.05, 3.63) is 59.2 Å². The Morgan fingerprint density at radius 1 is 0.967 bits per heavy atom. The first-order valence-corrected chi connectivity index (χ1v) is 10.8. The number of benzene rings is 2. The predicted molar refractivity (Wildman–Crippen MR) is 107 cm³/mol. The van der Waals surface area contributed by atoms with E-state index >= 15 is 0 Å². The number of sulfonamides is 1. The fourth-order valence-electron chi connectivity index (χ4n) is 3.29. The van der Waals surface area contributed by atoms with Crippen LogP contribution in [0.2, 0.25) is 5.02 Å². The van der Waals surface area contributed by atoms with Gasteiger partial charge in [-0.15, -0.1) is 0 Å². The summed E-state index contributed by atoms with van der Waals surface area (Å²) in [5.41, 5.74) is 0.312. The van der Waals surface area contributed by atoms with Gasteiger partial charge in [-0.25, -0.2) is 13.4 Å². The molecule has 0 radical (unpaired) electrons. The molecule has 0 aliphatic carbocycles. The molecule has 1 aliphatic heterocycles. The zero-order valence-corrected chi connectivity index (χ0v) is 17.0. The van der Waals surface area contributed by atoms with Crippen molar-refractivity contribution in [2.45, 2.75) is 11.1 Å². The highest BCUT2D eigenvalue weighted by atomic mass is 35.5. The molecule has 3 aromatic rings. The van der Waals surface area contributed by atoms with Gasteiger partial charge in [-0.3, -0.25) is 4.98 Å². The quantitative estimate of drug-likeness (QED) is 0.599. The number of rotatable bonds is 3. The van der Waals surface area contributed by atoms with Gasteiger partial charge in [0.15, 0.2) is 0 Å². The molecule has 1 fully saturated rings. The van der Waals surface area contributed by atoms with Gasteiger partial charge in [0.2, 0.25) is 10.0 Å². The number of para-hydroxylation sites is 2. The number of halogens is 4. The standard InChI is InChI=1S/C19H16ClF3N4O2S/c20-15-6-5-13(11-14(15)19(21,22)23)30(28,29)27-9-7-26(8-10-27)18-12-24-16-3-1-2-4-17(16)25-18/h1-6,11-12H,7-10H2. The predicted octanol–water partition coefficient (Wildman–Crippen LogP) is 3.81. The normalized spacial score (nSPS) is 16.2. The van der Waals surface area contributed by atoms with Gasteiger partial charge in [-0.05, 0) is 30.3 Å². The molecule has 158 valence electrons. The highest BCUT2D eigenvalue weighted by Crippen LogP contribution is 2.36. The van der Waals surface area contributed by atoms with Crippen molar-refractivity contribution < 1.29 is 21.6 Å². The topological polar surface area (TPSA) is 66.4 Å². The van der Waals surface area contributed by atoms with E-state index < -0.39 is 31.7 Å². The number of fused-ring (bicyclic) bond motifs is 1. The van der Waals surface area contributed by atoms with Gasteiger partial charge >= 0.3 is 6.18 Å². The summed E-state index contributed by atoms with van der Waals surface area (Å²) in [4.78, 5) is 10.4. The van der Waals surface area contributed by atoms with Crippen LogP contribution in [-0.4, -0.2) is 48.9 Å². The Balaban J connectivity index is 1.53. The highest BCUT2D eigenvalue weighted by molar-refractivity contribution is 7.89. The van der Waals surface area contributed by atoms with E-state index in [-0.39, 0.29) is 13.1 Å². The van der Waals surface area contributed by atoms with E-state index in [2.05, 4.69) is 9.97 Å². The average molecular weight is 457 g/mol. The van der Waals surface area contributed by atoms with Crippen LogP contribution in [0.3, 0.4) is 0 Å². The smallest absolute Gasteiger partial charge is 0.353 e. The van der Waals surface area contributed by atoms with Crippen LogP contribution >= 0.6 is 11.6 Å². The third kappa shape index (κ3) is 3.94. The SMILES string of the molecule is O=S(=O)(c1ccc(Cl)c(C(F)(F)F)c1)N1CCN(c2cnc3ccccc3n2)CC1. The molecule has 0 spiro atoms. The lowest BCUT2D eigenvalue weighted by molar-refractivity contribution is -0.137. The molecule has 0 saturated carbocycles. The molecule has 0 N–H and O–H groups in total. The first-order chi connectivity index (χ1) is 14.2. The Morgan fingerprint density at radius 3 is 2.30 bits per heavy atom. The van der Waals surface area contributed by atoms with Gasteiger partial charge in [0.1, 0.15) is 5.82 Å². The van der Waals surface area contributed by atoms with Gasteiger partial charge < -0.3 is 4.90 Å². The molecular weight excluding hydrogens is 441 g/mol. The number of hydrogen-bond donors (Lipinski definition) is 0. The van der Waals surface area contributed by atoms with Crippen LogP contribution < -0.4 is 4.90 Å². The number of piperazine rings is 1. The van der Waals surface area contributed by atoms with Crippen LogP contribution in [0.4, 0.5) is 19.0 Å². The Hall–Kier alpha value is -2.43. The third-order valence-corrected chi connectivity index (χ3v) is 7.10. The first-order valence-electron chi connectivity index (χ1n) is 9.00. The molecule has 1 aromatic heterocycles. The van der Waals surface area contributed by atoms with Crippen molar-refractivity contribution >= 4 is 38.5 Å². The lowest BCUT2D eigenvalue weighted by Crippen LogP contribution is -2.49. The molecule has 1 saturated heterocycles. The molecule has 0 bridgehead atoms. The molecule has 0 amide bonds. The minimum Gasteiger partial charge on any atom is -0.353 e. The van der Waals surface area contributed by atoms with Gasteiger partial charge in [-0.1, -0.05) is 23.7 Å². The van der Waals surface area contributed by atoms with Crippen molar-refractivity contribution in [3.63, 3.8) is 0 Å². The lowest BCUT2D eigenvalue weighted by Gasteiger charge is -2.34. The molecule has 4 rings (SSSR count). The third-order valence-electron chi connectivity index (χ3n) is 4.88. The van der Waals surface area contributed by atoms with Crippen molar-refractivity contribution in [1.29, 1.82) is 0 Å². The Labute approximate surface area is 176 Å². The summed E-state index contributed by atoms with van der Waals surface area (Å²) in [6, 6.07) is 10.0. The van der Waals surface area contributed by atoms with Gasteiger partial charge in [0.05, 0.1) is 32.7 Å². The fourth-order valence-corrected chi connectivity index (χ4v) is 4.96. The van der Waals surface area contributed by atoms with E-state index in [0.29, 0.717) is 25.0 Å². The lowest BCUT2D eigenvalue weighted by atomic mass is 10.2. The molecule has 2 aromatic carbocycles. The number of aromatic nitrogens is 2. The number of alkyl halides is 3. The maximum Gasteiger partial charge on any atom is 0.417 e. The summed E-state index contributed by atoms with van der Waals surface area (Å²) in [6.45, 7) is 0.902. The van der Waals surface area contributed by atoms with Crippen molar-refractivity contribution in [2.24, 2.45) is 0 Å². The summed E-state index contributed by atoms with van der Waals surface area (Å²) >= 11 is 5.60. The average Bonchev–Trinajstić information content (AvgIpc) is 2.73. The van der Waals surface area contributed by atoms with E-state index in [9.17, 15) is 21.6 Å². The monoisotopic (exact) mass is 456 g/mol. The van der Waals surface area contributed by atoms with Crippen LogP contribution in [0.15, 0.2) is 53.6 Å². The van der Waals surface area contributed by atoms with E-state index in [1.807, 2.05) is 29.2 Å². The number of nitrogens with zero attached hydrogens (tertiary/aromatic N) is 4. The molecule has 6 nitrogen and oxygen atoms in total. The molecule has 30 heavy (non-hydrogen) atoms. The largest absolute Gasteiger partial charge is 0.417 e. The number of anilines is 1. The van der Waals surface area contributed by atoms with Crippen molar-refractivity contribution in [3.8, 4) is 0 Å². The van der Waals surface area contributed by atoms with Crippen LogP contribution in [0.5, 0.6) is 0 Å². The summed E-state index contributed by atoms with van der Waals surface area (Å²) in [5, 5.41) is -0.541. The van der Waals surface area contributed by atoms with E-state index in [1.54, 1.807) is 6.20 Å². The van der Waals surface area contributed by atoms with E-state index in [1.165, 1.54) is 4.31 Å². The maximum atomic E-state index is 13.1. The number of hydrogen-bond acceptors (Lipinski definition) is 5. The van der Waals surface area contributed by atoms with E-state index in [4.69, 9.17) is 11.6 Å². The summed E-state index contributed by atoms with van der Waals surface area (Å²) in [6.07, 6.45) is -3.11. The van der Waals surface area contributed by atoms with Crippen molar-refractivity contribution in [2.75, 3.05) is 31.1 Å². The summed E-state index contributed by atoms with van der Waals surface area (Å²) in [7, 11) is -4.09. The Morgan fingerprint density at radius 2 is 1.63 bits per heavy atom. The molecular formula is C19H16ClF3N4O2S. The van der Waals surface area contributed by atoms with Gasteiger partial charge in [0, 0.05) is 26.2 Å². The minimum absolute atomic E-state index is 0.112. The molecule has 0 atom stereocenters. The van der Waals surface area contributed by atoms with Crippen LogP contribution in [0.25, 0.3) is 11.0 Å². The highest BCUT2D eigenvalue weighted by Gasteiger charge is 2.36. The zero-order chi connectivity index (χ0) is 21.5. The molecule has 2 heterocycles. The molecule has 1 aliphatic rings. The molecule has 11 heteroatoms. The second-order valence-corrected chi connectivity index (χ2v) is 9.09. The first kappa shape index (κ1) is 20.8. The Kier molecular flexibility index (Phi) is 5.33. The van der Waals surface area contributed by atoms with Crippen molar-refractivity contribution in [1.82, 2.24) is 14.3 Å². The van der Waals surface area contributed by atoms with Gasteiger partial charge in [-0.2, -0.15) is 17.5 Å². The van der Waals surface area contributed by atoms with Crippen LogP contribution in [0, 0.1) is 0 Å². The van der Waals surface area contributed by atoms with Gasteiger partial charge in [0.25, 0.3) is 0 Å². The van der Waals surface area contributed by atoms with E-state index in [0.717, 1.165) is 23.2 Å². The Bertz CT molecular complexity index is 1200. The summed E-state index contributed by atoms with van der Waals surface area (Å²) < 4.78 is 66.2. The second-order valence-electron chi connectivity index (χ2n) is 6.75. The fraction of sp³-hybridized carbons (Fsp3) is 0.263. The van der Waals surface area contributed by atoms with Crippen LogP contribution in [0.1, 0.15) is 5.56 Å². The molecule has 0 unspecified atom stereocenters. The van der Waals surface area contributed by atoms with Crippen LogP contribution in [-0.2, 0) is 16.2 Å². The summed E-state index contributed by atoms with van der Waals surface area (Å²) in [5.74, 6) is 0.622. The minimum atomic E-state index is -4.74. The maximum absolute atomic E-state index is 13.1. The zero-order valence-electron chi connectivity index (χ0n) is 15.5. The second kappa shape index (κ2) is 7.68.